The SMILES string of the molecule is [B]c1cncc(OC(C)c2ccccc2)c1. The summed E-state index contributed by atoms with van der Waals surface area (Å²) in [6, 6.07) is 11.8. The number of nitrogens with zero attached hydrogens (tertiary/aromatic N) is 1. The van der Waals surface area contributed by atoms with Crippen LogP contribution in [0.25, 0.3) is 0 Å². The monoisotopic (exact) mass is 209 g/mol. The van der Waals surface area contributed by atoms with Crippen LogP contribution in [0.1, 0.15) is 18.6 Å². The van der Waals surface area contributed by atoms with Crippen LogP contribution in [-0.2, 0) is 0 Å². The molecule has 0 aliphatic carbocycles. The Kier molecular flexibility index (Phi) is 3.25. The van der Waals surface area contributed by atoms with Crippen LogP contribution in [0, 0.1) is 0 Å². The van der Waals surface area contributed by atoms with Crippen molar-refractivity contribution in [2.45, 2.75) is 13.0 Å². The van der Waals surface area contributed by atoms with E-state index in [-0.39, 0.29) is 6.10 Å². The van der Waals surface area contributed by atoms with E-state index < -0.39 is 0 Å². The predicted octanol–water partition coefficient (Wildman–Crippen LogP) is 2.02. The molecule has 0 spiro atoms. The first-order valence-electron chi connectivity index (χ1n) is 5.18. The Labute approximate surface area is 96.7 Å². The van der Waals surface area contributed by atoms with Crippen molar-refractivity contribution in [3.8, 4) is 5.75 Å². The van der Waals surface area contributed by atoms with Gasteiger partial charge in [-0.2, -0.15) is 0 Å². The van der Waals surface area contributed by atoms with Crippen LogP contribution in [0.5, 0.6) is 5.75 Å². The largest absolute Gasteiger partial charge is 0.484 e. The summed E-state index contributed by atoms with van der Waals surface area (Å²) in [5.74, 6) is 0.691. The first-order chi connectivity index (χ1) is 7.75. The van der Waals surface area contributed by atoms with E-state index in [1.54, 1.807) is 18.5 Å². The molecule has 0 aliphatic rings. The van der Waals surface area contributed by atoms with Gasteiger partial charge in [-0.05, 0) is 18.6 Å². The second-order valence-corrected chi connectivity index (χ2v) is 3.62. The zero-order valence-corrected chi connectivity index (χ0v) is 9.13. The van der Waals surface area contributed by atoms with Crippen LogP contribution < -0.4 is 10.2 Å². The van der Waals surface area contributed by atoms with E-state index in [4.69, 9.17) is 12.6 Å². The highest BCUT2D eigenvalue weighted by Gasteiger charge is 2.06. The van der Waals surface area contributed by atoms with Crippen molar-refractivity contribution in [3.05, 3.63) is 54.4 Å². The fourth-order valence-electron chi connectivity index (χ4n) is 1.50. The van der Waals surface area contributed by atoms with Crippen LogP contribution >= 0.6 is 0 Å². The Morgan fingerprint density at radius 3 is 2.62 bits per heavy atom. The third kappa shape index (κ3) is 2.63. The van der Waals surface area contributed by atoms with Gasteiger partial charge in [-0.1, -0.05) is 35.8 Å². The van der Waals surface area contributed by atoms with Gasteiger partial charge in [-0.15, -0.1) is 0 Å². The molecule has 1 heterocycles. The lowest BCUT2D eigenvalue weighted by molar-refractivity contribution is 0.226. The average molecular weight is 209 g/mol. The average Bonchev–Trinajstić information content (AvgIpc) is 2.30. The van der Waals surface area contributed by atoms with E-state index in [2.05, 4.69) is 4.98 Å². The topological polar surface area (TPSA) is 22.1 Å². The fourth-order valence-corrected chi connectivity index (χ4v) is 1.50. The lowest BCUT2D eigenvalue weighted by Crippen LogP contribution is -2.07. The van der Waals surface area contributed by atoms with E-state index in [0.717, 1.165) is 5.56 Å². The van der Waals surface area contributed by atoms with Crippen molar-refractivity contribution >= 4 is 13.3 Å². The van der Waals surface area contributed by atoms with E-state index >= 15 is 0 Å². The van der Waals surface area contributed by atoms with E-state index in [9.17, 15) is 0 Å². The minimum absolute atomic E-state index is 0.00944. The molecule has 0 saturated carbocycles. The Morgan fingerprint density at radius 2 is 1.94 bits per heavy atom. The maximum absolute atomic E-state index is 5.74. The van der Waals surface area contributed by atoms with Crippen molar-refractivity contribution in [1.29, 1.82) is 0 Å². The fraction of sp³-hybridized carbons (Fsp3) is 0.154. The number of hydrogen-bond acceptors (Lipinski definition) is 2. The number of hydrogen-bond donors (Lipinski definition) is 0. The van der Waals surface area contributed by atoms with Gasteiger partial charge in [-0.3, -0.25) is 4.98 Å². The van der Waals surface area contributed by atoms with Gasteiger partial charge in [0, 0.05) is 6.20 Å². The number of rotatable bonds is 3. The second-order valence-electron chi connectivity index (χ2n) is 3.62. The van der Waals surface area contributed by atoms with Gasteiger partial charge in [-0.25, -0.2) is 0 Å². The molecule has 1 atom stereocenters. The molecule has 16 heavy (non-hydrogen) atoms. The number of ether oxygens (including phenoxy) is 1. The van der Waals surface area contributed by atoms with Crippen LogP contribution in [0.4, 0.5) is 0 Å². The molecule has 0 N–H and O–H groups in total. The first kappa shape index (κ1) is 10.7. The van der Waals surface area contributed by atoms with E-state index in [1.165, 1.54) is 0 Å². The minimum Gasteiger partial charge on any atom is -0.484 e. The zero-order valence-electron chi connectivity index (χ0n) is 9.13. The molecule has 2 radical (unpaired) electrons. The molecule has 0 fully saturated rings. The summed E-state index contributed by atoms with van der Waals surface area (Å²) in [6.45, 7) is 2.00. The molecule has 1 aromatic carbocycles. The Bertz CT molecular complexity index is 458. The molecule has 0 amide bonds. The van der Waals surface area contributed by atoms with E-state index in [1.807, 2.05) is 37.3 Å². The van der Waals surface area contributed by atoms with Crippen molar-refractivity contribution in [2.75, 3.05) is 0 Å². The molecular formula is C13H12BNO. The predicted molar refractivity (Wildman–Crippen MR) is 65.1 cm³/mol. The summed E-state index contributed by atoms with van der Waals surface area (Å²) in [5.41, 5.74) is 1.74. The van der Waals surface area contributed by atoms with Gasteiger partial charge < -0.3 is 4.74 Å². The van der Waals surface area contributed by atoms with Gasteiger partial charge in [0.2, 0.25) is 0 Å². The van der Waals surface area contributed by atoms with Gasteiger partial charge in [0.15, 0.2) is 0 Å². The Balaban J connectivity index is 2.11. The smallest absolute Gasteiger partial charge is 0.137 e. The molecule has 2 nitrogen and oxygen atoms in total. The van der Waals surface area contributed by atoms with Crippen LogP contribution in [0.3, 0.4) is 0 Å². The summed E-state index contributed by atoms with van der Waals surface area (Å²) in [6.07, 6.45) is 3.25. The second kappa shape index (κ2) is 4.84. The Hall–Kier alpha value is -1.77. The van der Waals surface area contributed by atoms with Gasteiger partial charge in [0.1, 0.15) is 19.7 Å². The molecule has 1 aromatic heterocycles. The molecule has 3 heteroatoms. The third-order valence-electron chi connectivity index (χ3n) is 2.32. The number of aromatic nitrogens is 1. The van der Waals surface area contributed by atoms with Crippen LogP contribution in [-0.4, -0.2) is 12.8 Å². The lowest BCUT2D eigenvalue weighted by Gasteiger charge is -2.14. The molecule has 0 saturated heterocycles. The zero-order chi connectivity index (χ0) is 11.4. The molecule has 2 aromatic rings. The molecule has 0 bridgehead atoms. The van der Waals surface area contributed by atoms with Gasteiger partial charge in [0.25, 0.3) is 0 Å². The summed E-state index contributed by atoms with van der Waals surface area (Å²) in [4.78, 5) is 3.98. The quantitative estimate of drug-likeness (QED) is 0.721. The van der Waals surface area contributed by atoms with Crippen LogP contribution in [0.2, 0.25) is 0 Å². The normalized spacial score (nSPS) is 12.1. The maximum Gasteiger partial charge on any atom is 0.137 e. The van der Waals surface area contributed by atoms with Crippen molar-refractivity contribution in [1.82, 2.24) is 4.98 Å². The number of pyridine rings is 1. The molecule has 78 valence electrons. The lowest BCUT2D eigenvalue weighted by atomic mass is 9.99. The van der Waals surface area contributed by atoms with Crippen molar-refractivity contribution in [3.63, 3.8) is 0 Å². The van der Waals surface area contributed by atoms with Crippen LogP contribution in [0.15, 0.2) is 48.8 Å². The maximum atomic E-state index is 5.74. The Morgan fingerprint density at radius 1 is 1.19 bits per heavy atom. The number of benzene rings is 1. The summed E-state index contributed by atoms with van der Waals surface area (Å²) < 4.78 is 5.74. The van der Waals surface area contributed by atoms with E-state index in [0.29, 0.717) is 11.2 Å². The summed E-state index contributed by atoms with van der Waals surface area (Å²) in [5, 5.41) is 0. The highest BCUT2D eigenvalue weighted by molar-refractivity contribution is 6.32. The van der Waals surface area contributed by atoms with Gasteiger partial charge >= 0.3 is 0 Å². The minimum atomic E-state index is -0.00944. The molecular weight excluding hydrogens is 197 g/mol. The molecule has 2 rings (SSSR count). The highest BCUT2D eigenvalue weighted by Crippen LogP contribution is 2.19. The molecule has 1 unspecified atom stereocenters. The van der Waals surface area contributed by atoms with Crippen molar-refractivity contribution in [2.24, 2.45) is 0 Å². The van der Waals surface area contributed by atoms with Gasteiger partial charge in [0.05, 0.1) is 6.20 Å². The molecule has 0 aliphatic heterocycles. The summed E-state index contributed by atoms with van der Waals surface area (Å²) in [7, 11) is 5.63. The summed E-state index contributed by atoms with van der Waals surface area (Å²) >= 11 is 0. The van der Waals surface area contributed by atoms with Crippen molar-refractivity contribution < 1.29 is 4.74 Å². The highest BCUT2D eigenvalue weighted by atomic mass is 16.5. The first-order valence-corrected chi connectivity index (χ1v) is 5.18. The standard InChI is InChI=1S/C13H12BNO/c1-10(11-5-3-2-4-6-11)16-13-7-12(14)8-15-9-13/h2-10H,1H3. The third-order valence-corrected chi connectivity index (χ3v) is 2.32.